The molecule has 0 bridgehead atoms. The number of aromatic nitrogens is 2. The largest absolute Gasteiger partial charge is 0.399 e. The van der Waals surface area contributed by atoms with Crippen LogP contribution in [0.3, 0.4) is 0 Å². The number of anilines is 4. The number of carbonyl (C=O) groups excluding carboxylic acids is 1. The van der Waals surface area contributed by atoms with E-state index in [2.05, 4.69) is 37.4 Å². The van der Waals surface area contributed by atoms with Crippen molar-refractivity contribution in [1.82, 2.24) is 14.9 Å². The highest BCUT2D eigenvalue weighted by molar-refractivity contribution is 6.37. The summed E-state index contributed by atoms with van der Waals surface area (Å²) in [5, 5.41) is 6.34. The number of amides is 1. The lowest BCUT2D eigenvalue weighted by Crippen LogP contribution is -2.44. The van der Waals surface area contributed by atoms with Crippen LogP contribution in [-0.4, -0.2) is 54.0 Å². The molecule has 2 aliphatic rings. The first-order valence-corrected chi connectivity index (χ1v) is 10.6. The fraction of sp³-hybridized carbons (Fsp3) is 0.208. The van der Waals surface area contributed by atoms with Crippen molar-refractivity contribution < 1.29 is 4.79 Å². The topological polar surface area (TPSA) is 99.4 Å². The van der Waals surface area contributed by atoms with E-state index in [0.717, 1.165) is 48.8 Å². The molecule has 1 aromatic carbocycles. The highest BCUT2D eigenvalue weighted by Gasteiger charge is 2.28. The lowest BCUT2D eigenvalue weighted by Gasteiger charge is -2.33. The number of rotatable bonds is 4. The molecule has 5 rings (SSSR count). The maximum Gasteiger partial charge on any atom is 0.258 e. The summed E-state index contributed by atoms with van der Waals surface area (Å²) in [6.45, 7) is 3.97. The molecule has 0 atom stereocenters. The number of likely N-dealkylation sites (N-methyl/N-ethyl adjacent to an activating group) is 1. The van der Waals surface area contributed by atoms with Crippen molar-refractivity contribution in [3.8, 4) is 0 Å². The lowest BCUT2D eigenvalue weighted by atomic mass is 10.0. The molecule has 8 nitrogen and oxygen atoms in total. The van der Waals surface area contributed by atoms with Gasteiger partial charge in [-0.05, 0) is 49.5 Å². The van der Waals surface area contributed by atoms with E-state index in [1.807, 2.05) is 30.3 Å². The van der Waals surface area contributed by atoms with Crippen LogP contribution in [0, 0.1) is 0 Å². The molecule has 2 aromatic heterocycles. The smallest absolute Gasteiger partial charge is 0.258 e. The van der Waals surface area contributed by atoms with E-state index in [0.29, 0.717) is 22.6 Å². The number of hydrogen-bond acceptors (Lipinski definition) is 7. The van der Waals surface area contributed by atoms with E-state index in [1.165, 1.54) is 0 Å². The average Bonchev–Trinajstić information content (AvgIpc) is 3.13. The fourth-order valence-corrected chi connectivity index (χ4v) is 4.06. The van der Waals surface area contributed by atoms with Crippen molar-refractivity contribution >= 4 is 40.1 Å². The Morgan fingerprint density at radius 3 is 2.66 bits per heavy atom. The third-order valence-electron chi connectivity index (χ3n) is 5.83. The summed E-state index contributed by atoms with van der Waals surface area (Å²) in [5.41, 5.74) is 10.9. The third kappa shape index (κ3) is 3.88. The third-order valence-corrected chi connectivity index (χ3v) is 5.83. The molecule has 1 fully saturated rings. The first-order chi connectivity index (χ1) is 15.6. The summed E-state index contributed by atoms with van der Waals surface area (Å²) in [4.78, 5) is 26.4. The van der Waals surface area contributed by atoms with Crippen LogP contribution in [0.25, 0.3) is 11.3 Å². The number of nitrogens with one attached hydrogen (secondary N) is 2. The van der Waals surface area contributed by atoms with Crippen LogP contribution in [0.1, 0.15) is 11.1 Å². The molecule has 1 saturated heterocycles. The van der Waals surface area contributed by atoms with Crippen molar-refractivity contribution in [3.63, 3.8) is 0 Å². The number of hydrogen-bond donors (Lipinski definition) is 3. The Balaban J connectivity index is 1.50. The van der Waals surface area contributed by atoms with Gasteiger partial charge in [-0.15, -0.1) is 0 Å². The zero-order chi connectivity index (χ0) is 22.1. The molecule has 3 aromatic rings. The molecule has 4 heterocycles. The number of fused-ring (bicyclic) bond motifs is 1. The van der Waals surface area contributed by atoms with E-state index in [4.69, 9.17) is 5.73 Å². The summed E-state index contributed by atoms with van der Waals surface area (Å²) < 4.78 is 0. The first-order valence-electron chi connectivity index (χ1n) is 10.6. The SMILES string of the molecule is CN1CCN(c2ccc(N/C(=C3\C(=O)Nc4cc(N)ccc43)c3cccnc3)cn2)CC1. The zero-order valence-corrected chi connectivity index (χ0v) is 17.9. The predicted octanol–water partition coefficient (Wildman–Crippen LogP) is 2.74. The molecule has 0 radical (unpaired) electrons. The molecule has 0 aliphatic carbocycles. The maximum atomic E-state index is 12.9. The van der Waals surface area contributed by atoms with Gasteiger partial charge < -0.3 is 26.2 Å². The number of nitrogens with two attached hydrogens (primary N) is 1. The first kappa shape index (κ1) is 20.0. The Labute approximate surface area is 186 Å². The summed E-state index contributed by atoms with van der Waals surface area (Å²) in [7, 11) is 2.14. The van der Waals surface area contributed by atoms with E-state index >= 15 is 0 Å². The average molecular weight is 428 g/mol. The number of carbonyl (C=O) groups is 1. The number of nitrogen functional groups attached to an aromatic ring is 1. The normalized spacial score (nSPS) is 17.7. The van der Waals surface area contributed by atoms with Crippen LogP contribution < -0.4 is 21.3 Å². The molecule has 162 valence electrons. The van der Waals surface area contributed by atoms with Crippen LogP contribution in [0.2, 0.25) is 0 Å². The van der Waals surface area contributed by atoms with Crippen LogP contribution in [0.5, 0.6) is 0 Å². The highest BCUT2D eigenvalue weighted by atomic mass is 16.2. The minimum atomic E-state index is -0.182. The molecule has 2 aliphatic heterocycles. The van der Waals surface area contributed by atoms with Crippen LogP contribution in [-0.2, 0) is 4.79 Å². The van der Waals surface area contributed by atoms with Crippen LogP contribution in [0.4, 0.5) is 22.9 Å². The molecular formula is C24H25N7O. The molecule has 0 unspecified atom stereocenters. The second-order valence-corrected chi connectivity index (χ2v) is 8.07. The van der Waals surface area contributed by atoms with Gasteiger partial charge in [-0.1, -0.05) is 0 Å². The maximum absolute atomic E-state index is 12.9. The van der Waals surface area contributed by atoms with E-state index in [1.54, 1.807) is 30.7 Å². The van der Waals surface area contributed by atoms with Crippen molar-refractivity contribution in [2.24, 2.45) is 0 Å². The fourth-order valence-electron chi connectivity index (χ4n) is 4.06. The van der Waals surface area contributed by atoms with E-state index in [9.17, 15) is 4.79 Å². The van der Waals surface area contributed by atoms with Gasteiger partial charge >= 0.3 is 0 Å². The second-order valence-electron chi connectivity index (χ2n) is 8.07. The van der Waals surface area contributed by atoms with Gasteiger partial charge in [0.2, 0.25) is 0 Å². The minimum Gasteiger partial charge on any atom is -0.399 e. The minimum absolute atomic E-state index is 0.182. The van der Waals surface area contributed by atoms with Crippen molar-refractivity contribution in [1.29, 1.82) is 0 Å². The Hall–Kier alpha value is -3.91. The van der Waals surface area contributed by atoms with E-state index < -0.39 is 0 Å². The number of nitrogens with zero attached hydrogens (tertiary/aromatic N) is 4. The van der Waals surface area contributed by atoms with Gasteiger partial charge in [-0.2, -0.15) is 0 Å². The lowest BCUT2D eigenvalue weighted by molar-refractivity contribution is -0.110. The molecule has 4 N–H and O–H groups in total. The van der Waals surface area contributed by atoms with Crippen molar-refractivity contribution in [2.45, 2.75) is 0 Å². The van der Waals surface area contributed by atoms with Gasteiger partial charge in [0.25, 0.3) is 5.91 Å². The molecule has 0 saturated carbocycles. The number of benzene rings is 1. The second kappa shape index (κ2) is 8.32. The quantitative estimate of drug-likeness (QED) is 0.435. The van der Waals surface area contributed by atoms with Crippen molar-refractivity contribution in [3.05, 3.63) is 72.2 Å². The van der Waals surface area contributed by atoms with Gasteiger partial charge in [-0.3, -0.25) is 9.78 Å². The van der Waals surface area contributed by atoms with E-state index in [-0.39, 0.29) is 5.91 Å². The van der Waals surface area contributed by atoms with Gasteiger partial charge in [0.1, 0.15) is 5.82 Å². The Bertz CT molecular complexity index is 1170. The van der Waals surface area contributed by atoms with Crippen LogP contribution in [0.15, 0.2) is 61.1 Å². The number of pyridine rings is 2. The molecule has 1 amide bonds. The van der Waals surface area contributed by atoms with Crippen LogP contribution >= 0.6 is 0 Å². The van der Waals surface area contributed by atoms with Gasteiger partial charge in [0.05, 0.1) is 28.8 Å². The summed E-state index contributed by atoms with van der Waals surface area (Å²) in [5.74, 6) is 0.776. The molecular weight excluding hydrogens is 402 g/mol. The predicted molar refractivity (Wildman–Crippen MR) is 128 cm³/mol. The zero-order valence-electron chi connectivity index (χ0n) is 17.9. The molecule has 32 heavy (non-hydrogen) atoms. The molecule has 8 heteroatoms. The van der Waals surface area contributed by atoms with Gasteiger partial charge in [0, 0.05) is 55.4 Å². The van der Waals surface area contributed by atoms with Gasteiger partial charge in [0.15, 0.2) is 0 Å². The Kier molecular flexibility index (Phi) is 5.20. The number of piperazine rings is 1. The van der Waals surface area contributed by atoms with Gasteiger partial charge in [-0.25, -0.2) is 4.98 Å². The Morgan fingerprint density at radius 2 is 1.94 bits per heavy atom. The monoisotopic (exact) mass is 427 g/mol. The summed E-state index contributed by atoms with van der Waals surface area (Å²) in [6, 6.07) is 13.2. The highest BCUT2D eigenvalue weighted by Crippen LogP contribution is 2.38. The Morgan fingerprint density at radius 1 is 1.09 bits per heavy atom. The summed E-state index contributed by atoms with van der Waals surface area (Å²) >= 11 is 0. The van der Waals surface area contributed by atoms with Crippen molar-refractivity contribution in [2.75, 3.05) is 54.5 Å². The standard InChI is InChI=1S/C24H25N7O/c1-30-9-11-31(12-10-30)21-7-5-18(15-27-21)28-23(16-3-2-8-26-14-16)22-19-6-4-17(25)13-20(19)29-24(22)32/h2-8,13-15,28H,9-12,25H2,1H3,(H,29,32)/b23-22-. The molecule has 0 spiro atoms. The summed E-state index contributed by atoms with van der Waals surface area (Å²) in [6.07, 6.45) is 5.26.